The van der Waals surface area contributed by atoms with Crippen LogP contribution in [0.4, 0.5) is 10.6 Å². The fourth-order valence-corrected chi connectivity index (χ4v) is 5.94. The maximum Gasteiger partial charge on any atom is 0.410 e. The zero-order chi connectivity index (χ0) is 24.3. The van der Waals surface area contributed by atoms with E-state index in [9.17, 15) is 4.79 Å². The first-order valence-electron chi connectivity index (χ1n) is 12.1. The minimum Gasteiger partial charge on any atom is -0.447 e. The van der Waals surface area contributed by atoms with Crippen molar-refractivity contribution in [1.29, 1.82) is 0 Å². The molecule has 1 aromatic carbocycles. The van der Waals surface area contributed by atoms with Crippen LogP contribution in [-0.4, -0.2) is 54.9 Å². The summed E-state index contributed by atoms with van der Waals surface area (Å²) in [6.45, 7) is 8.05. The lowest BCUT2D eigenvalue weighted by atomic mass is 9.57. The number of aromatic nitrogens is 5. The maximum absolute atomic E-state index is 13.0. The molecule has 1 aliphatic carbocycles. The molecule has 182 valence electrons. The Bertz CT molecular complexity index is 1260. The summed E-state index contributed by atoms with van der Waals surface area (Å²) in [6.07, 6.45) is 6.79. The van der Waals surface area contributed by atoms with Gasteiger partial charge in [-0.25, -0.2) is 9.78 Å². The van der Waals surface area contributed by atoms with Crippen LogP contribution in [0, 0.1) is 5.41 Å². The fraction of sp³-hybridized carbons (Fsp3) is 0.480. The molecule has 1 spiro atoms. The number of carbonyl (C=O) groups excluding carboxylic acids is 1. The van der Waals surface area contributed by atoms with Crippen LogP contribution in [0.15, 0.2) is 36.8 Å². The van der Waals surface area contributed by atoms with E-state index in [0.29, 0.717) is 22.9 Å². The van der Waals surface area contributed by atoms with E-state index in [0.717, 1.165) is 54.6 Å². The van der Waals surface area contributed by atoms with Crippen LogP contribution in [0.1, 0.15) is 62.8 Å². The van der Waals surface area contributed by atoms with Crippen molar-refractivity contribution in [1.82, 2.24) is 29.6 Å². The largest absolute Gasteiger partial charge is 0.447 e. The lowest BCUT2D eigenvalue weighted by Gasteiger charge is -2.59. The van der Waals surface area contributed by atoms with Crippen LogP contribution in [0.5, 0.6) is 0 Å². The molecule has 1 saturated heterocycles. The van der Waals surface area contributed by atoms with Crippen molar-refractivity contribution < 1.29 is 9.53 Å². The van der Waals surface area contributed by atoms with Crippen LogP contribution < -0.4 is 4.90 Å². The predicted octanol–water partition coefficient (Wildman–Crippen LogP) is 4.52. The van der Waals surface area contributed by atoms with Crippen LogP contribution in [-0.2, 0) is 11.3 Å². The summed E-state index contributed by atoms with van der Waals surface area (Å²) in [7, 11) is 0. The molecule has 4 heterocycles. The van der Waals surface area contributed by atoms with Crippen molar-refractivity contribution in [3.05, 3.63) is 59.0 Å². The predicted molar refractivity (Wildman–Crippen MR) is 131 cm³/mol. The zero-order valence-electron chi connectivity index (χ0n) is 20.1. The molecule has 3 aliphatic rings. The number of hydrogen-bond acceptors (Lipinski definition) is 7. The molecule has 1 amide bonds. The van der Waals surface area contributed by atoms with Gasteiger partial charge >= 0.3 is 6.09 Å². The molecular formula is C25H28ClN7O2. The minimum atomic E-state index is -0.363. The van der Waals surface area contributed by atoms with E-state index in [4.69, 9.17) is 16.3 Å². The summed E-state index contributed by atoms with van der Waals surface area (Å²) in [5.74, 6) is 2.95. The summed E-state index contributed by atoms with van der Waals surface area (Å²) in [5, 5.41) is 9.88. The molecule has 2 aromatic heterocycles. The molecule has 1 atom stereocenters. The Morgan fingerprint density at radius 3 is 2.66 bits per heavy atom. The van der Waals surface area contributed by atoms with Gasteiger partial charge in [0.1, 0.15) is 11.6 Å². The monoisotopic (exact) mass is 493 g/mol. The first kappa shape index (κ1) is 22.3. The van der Waals surface area contributed by atoms with Gasteiger partial charge < -0.3 is 9.64 Å². The van der Waals surface area contributed by atoms with Crippen LogP contribution in [0.3, 0.4) is 0 Å². The Morgan fingerprint density at radius 1 is 1.17 bits per heavy atom. The number of ether oxygens (including phenoxy) is 1. The number of halogens is 1. The summed E-state index contributed by atoms with van der Waals surface area (Å²) in [6, 6.07) is 5.52. The second kappa shape index (κ2) is 8.19. The van der Waals surface area contributed by atoms with Gasteiger partial charge in [-0.2, -0.15) is 0 Å². The molecule has 3 aromatic rings. The highest BCUT2D eigenvalue weighted by molar-refractivity contribution is 6.30. The van der Waals surface area contributed by atoms with Gasteiger partial charge in [0.25, 0.3) is 0 Å². The van der Waals surface area contributed by atoms with E-state index in [-0.39, 0.29) is 18.2 Å². The SMILES string of the molecule is CC(C)OC(=O)N1Cc2cc(Cl)ccc2-n2c(C3CC4(C3)CN(c3cnccn3)C4)nnc2C1C. The van der Waals surface area contributed by atoms with Gasteiger partial charge in [0.2, 0.25) is 0 Å². The number of hydrogen-bond donors (Lipinski definition) is 0. The maximum atomic E-state index is 13.0. The molecule has 0 N–H and O–H groups in total. The Labute approximate surface area is 209 Å². The topological polar surface area (TPSA) is 89.3 Å². The quantitative estimate of drug-likeness (QED) is 0.530. The van der Waals surface area contributed by atoms with Crippen molar-refractivity contribution in [2.24, 2.45) is 5.41 Å². The number of amides is 1. The van der Waals surface area contributed by atoms with E-state index in [1.807, 2.05) is 45.2 Å². The third-order valence-electron chi connectivity index (χ3n) is 7.40. The number of rotatable bonds is 3. The highest BCUT2D eigenvalue weighted by atomic mass is 35.5. The minimum absolute atomic E-state index is 0.208. The highest BCUT2D eigenvalue weighted by Gasteiger charge is 2.54. The summed E-state index contributed by atoms with van der Waals surface area (Å²) in [4.78, 5) is 25.6. The molecule has 6 rings (SSSR count). The number of anilines is 1. The van der Waals surface area contributed by atoms with Gasteiger partial charge in [-0.3, -0.25) is 14.5 Å². The third-order valence-corrected chi connectivity index (χ3v) is 7.63. The van der Waals surface area contributed by atoms with Crippen molar-refractivity contribution in [2.75, 3.05) is 18.0 Å². The van der Waals surface area contributed by atoms with Crippen LogP contribution in [0.25, 0.3) is 5.69 Å². The van der Waals surface area contributed by atoms with Gasteiger partial charge in [-0.05, 0) is 57.4 Å². The molecule has 35 heavy (non-hydrogen) atoms. The molecule has 1 saturated carbocycles. The third kappa shape index (κ3) is 3.73. The summed E-state index contributed by atoms with van der Waals surface area (Å²) >= 11 is 6.36. The molecule has 0 radical (unpaired) electrons. The van der Waals surface area contributed by atoms with E-state index in [1.165, 1.54) is 0 Å². The van der Waals surface area contributed by atoms with E-state index in [2.05, 4.69) is 29.6 Å². The Kier molecular flexibility index (Phi) is 5.21. The van der Waals surface area contributed by atoms with Crippen molar-refractivity contribution in [2.45, 2.75) is 58.2 Å². The molecule has 10 heteroatoms. The van der Waals surface area contributed by atoms with E-state index in [1.54, 1.807) is 17.3 Å². The van der Waals surface area contributed by atoms with Crippen molar-refractivity contribution in [3.8, 4) is 5.69 Å². The van der Waals surface area contributed by atoms with E-state index >= 15 is 0 Å². The van der Waals surface area contributed by atoms with E-state index < -0.39 is 0 Å². The Balaban J connectivity index is 1.28. The number of benzene rings is 1. The number of carbonyl (C=O) groups is 1. The van der Waals surface area contributed by atoms with Crippen LogP contribution >= 0.6 is 11.6 Å². The van der Waals surface area contributed by atoms with Gasteiger partial charge in [0, 0.05) is 41.8 Å². The first-order valence-corrected chi connectivity index (χ1v) is 12.4. The summed E-state index contributed by atoms with van der Waals surface area (Å²) in [5.41, 5.74) is 2.23. The standard InChI is InChI=1S/C25H28ClN7O2/c1-15(2)35-24(34)32-12-17-8-19(26)4-5-20(17)33-22(16(32)3)29-30-23(33)18-9-25(10-18)13-31(14-25)21-11-27-6-7-28-21/h4-8,11,15-16,18H,9-10,12-14H2,1-3H3. The van der Waals surface area contributed by atoms with Crippen LogP contribution in [0.2, 0.25) is 5.02 Å². The fourth-order valence-electron chi connectivity index (χ4n) is 5.75. The molecule has 9 nitrogen and oxygen atoms in total. The first-order chi connectivity index (χ1) is 16.8. The molecule has 0 bridgehead atoms. The zero-order valence-corrected chi connectivity index (χ0v) is 20.8. The second-order valence-corrected chi connectivity index (χ2v) is 10.7. The average molecular weight is 494 g/mol. The van der Waals surface area contributed by atoms with Gasteiger partial charge in [-0.1, -0.05) is 11.6 Å². The van der Waals surface area contributed by atoms with Crippen molar-refractivity contribution in [3.63, 3.8) is 0 Å². The molecule has 1 unspecified atom stereocenters. The summed E-state index contributed by atoms with van der Waals surface area (Å²) < 4.78 is 7.69. The highest BCUT2D eigenvalue weighted by Crippen LogP contribution is 2.56. The molecular weight excluding hydrogens is 466 g/mol. The smallest absolute Gasteiger partial charge is 0.410 e. The lowest BCUT2D eigenvalue weighted by molar-refractivity contribution is 0.0578. The van der Waals surface area contributed by atoms with Gasteiger partial charge in [0.05, 0.1) is 30.6 Å². The van der Waals surface area contributed by atoms with Crippen molar-refractivity contribution >= 4 is 23.5 Å². The Hall–Kier alpha value is -3.20. The average Bonchev–Trinajstić information content (AvgIpc) is 3.15. The Morgan fingerprint density at radius 2 is 1.94 bits per heavy atom. The number of fused-ring (bicyclic) bond motifs is 3. The normalized spacial score (nSPS) is 20.7. The second-order valence-electron chi connectivity index (χ2n) is 10.3. The van der Waals surface area contributed by atoms with Gasteiger partial charge in [0.15, 0.2) is 5.82 Å². The lowest BCUT2D eigenvalue weighted by Crippen LogP contribution is -2.62. The molecule has 2 aliphatic heterocycles. The van der Waals surface area contributed by atoms with Gasteiger partial charge in [-0.15, -0.1) is 10.2 Å². The number of nitrogens with zero attached hydrogens (tertiary/aromatic N) is 7. The molecule has 2 fully saturated rings.